The third-order valence-corrected chi connectivity index (χ3v) is 4.24. The first-order valence-electron chi connectivity index (χ1n) is 6.33. The summed E-state index contributed by atoms with van der Waals surface area (Å²) in [6.45, 7) is 6.98. The number of nitrogens with zero attached hydrogens (tertiary/aromatic N) is 1. The number of amides is 1. The number of rotatable bonds is 3. The first-order valence-corrected chi connectivity index (χ1v) is 10.8. The van der Waals surface area contributed by atoms with E-state index in [1.165, 1.54) is 3.57 Å². The van der Waals surface area contributed by atoms with Gasteiger partial charge in [-0.25, -0.2) is 0 Å². The summed E-state index contributed by atoms with van der Waals surface area (Å²) in [6, 6.07) is 8.00. The molecule has 0 spiro atoms. The summed E-state index contributed by atoms with van der Waals surface area (Å²) in [6.07, 6.45) is 2.77. The minimum Gasteiger partial charge on any atom is -0.541 e. The lowest BCUT2D eigenvalue weighted by Crippen LogP contribution is -2.39. The third-order valence-electron chi connectivity index (χ3n) is 2.69. The van der Waals surface area contributed by atoms with Gasteiger partial charge in [-0.3, -0.25) is 4.79 Å². The van der Waals surface area contributed by atoms with E-state index in [9.17, 15) is 4.79 Å². The fraction of sp³-hybridized carbons (Fsp3) is 0.357. The van der Waals surface area contributed by atoms with E-state index in [0.29, 0.717) is 5.76 Å². The number of hydrogen-bond acceptors (Lipinski definition) is 2. The number of carbonyl (C=O) groups excluding carboxylic acids is 1. The normalized spacial score (nSPS) is 16.3. The van der Waals surface area contributed by atoms with Crippen LogP contribution in [0.2, 0.25) is 19.6 Å². The van der Waals surface area contributed by atoms with Crippen molar-refractivity contribution in [2.75, 3.05) is 11.4 Å². The third kappa shape index (κ3) is 3.82. The van der Waals surface area contributed by atoms with Crippen LogP contribution in [0.5, 0.6) is 0 Å². The first kappa shape index (κ1) is 14.6. The summed E-state index contributed by atoms with van der Waals surface area (Å²) in [4.78, 5) is 14.2. The topological polar surface area (TPSA) is 29.5 Å². The van der Waals surface area contributed by atoms with Crippen molar-refractivity contribution >= 4 is 42.5 Å². The van der Waals surface area contributed by atoms with E-state index < -0.39 is 8.32 Å². The summed E-state index contributed by atoms with van der Waals surface area (Å²) in [5.41, 5.74) is 0.940. The van der Waals surface area contributed by atoms with E-state index in [0.717, 1.165) is 18.7 Å². The van der Waals surface area contributed by atoms with Gasteiger partial charge in [0.25, 0.3) is 5.91 Å². The molecule has 1 aromatic carbocycles. The Bertz CT molecular complexity index is 505. The molecule has 0 atom stereocenters. The zero-order chi connectivity index (χ0) is 14.0. The summed E-state index contributed by atoms with van der Waals surface area (Å²) in [7, 11) is -1.74. The molecule has 0 aliphatic carbocycles. The van der Waals surface area contributed by atoms with Gasteiger partial charge in [-0.15, -0.1) is 0 Å². The Kier molecular flexibility index (Phi) is 4.35. The Morgan fingerprint density at radius 2 is 1.84 bits per heavy atom. The smallest absolute Gasteiger partial charge is 0.291 e. The van der Waals surface area contributed by atoms with Gasteiger partial charge in [0.15, 0.2) is 5.76 Å². The number of benzene rings is 1. The van der Waals surface area contributed by atoms with Gasteiger partial charge < -0.3 is 9.33 Å². The molecule has 0 unspecified atom stereocenters. The molecule has 102 valence electrons. The SMILES string of the molecule is C[Si](C)(C)OC1=CCCN(c2ccc(I)cc2)C1=O. The van der Waals surface area contributed by atoms with Crippen molar-refractivity contribution in [1.82, 2.24) is 0 Å². The van der Waals surface area contributed by atoms with Gasteiger partial charge in [0.2, 0.25) is 8.32 Å². The van der Waals surface area contributed by atoms with Gasteiger partial charge in [0, 0.05) is 15.8 Å². The number of carbonyl (C=O) groups is 1. The maximum Gasteiger partial charge on any atom is 0.291 e. The molecular formula is C14H18INO2Si. The van der Waals surface area contributed by atoms with Crippen LogP contribution in [-0.2, 0) is 9.22 Å². The molecule has 5 heteroatoms. The molecule has 1 heterocycles. The minimum atomic E-state index is -1.74. The summed E-state index contributed by atoms with van der Waals surface area (Å²) < 4.78 is 7.04. The lowest BCUT2D eigenvalue weighted by atomic mass is 10.2. The number of hydrogen-bond donors (Lipinski definition) is 0. The highest BCUT2D eigenvalue weighted by Crippen LogP contribution is 2.24. The molecule has 2 rings (SSSR count). The molecule has 1 aromatic rings. The monoisotopic (exact) mass is 387 g/mol. The van der Waals surface area contributed by atoms with E-state index >= 15 is 0 Å². The van der Waals surface area contributed by atoms with Gasteiger partial charge in [-0.05, 0) is 79.0 Å². The summed E-state index contributed by atoms with van der Waals surface area (Å²) in [5, 5.41) is 0. The van der Waals surface area contributed by atoms with Gasteiger partial charge in [-0.1, -0.05) is 0 Å². The molecule has 0 N–H and O–H groups in total. The maximum atomic E-state index is 12.4. The van der Waals surface area contributed by atoms with Crippen molar-refractivity contribution in [2.45, 2.75) is 26.1 Å². The second kappa shape index (κ2) is 5.66. The predicted molar refractivity (Wildman–Crippen MR) is 88.6 cm³/mol. The average Bonchev–Trinajstić information content (AvgIpc) is 2.32. The van der Waals surface area contributed by atoms with Crippen molar-refractivity contribution in [3.63, 3.8) is 0 Å². The molecule has 3 nitrogen and oxygen atoms in total. The fourth-order valence-electron chi connectivity index (χ4n) is 1.93. The molecule has 0 fully saturated rings. The van der Waals surface area contributed by atoms with Crippen LogP contribution in [0, 0.1) is 3.57 Å². The van der Waals surface area contributed by atoms with Crippen molar-refractivity contribution < 1.29 is 9.22 Å². The first-order chi connectivity index (χ1) is 8.87. The minimum absolute atomic E-state index is 0.0186. The fourth-order valence-corrected chi connectivity index (χ4v) is 3.12. The largest absolute Gasteiger partial charge is 0.541 e. The average molecular weight is 387 g/mol. The molecule has 0 aromatic heterocycles. The molecule has 0 saturated carbocycles. The second-order valence-electron chi connectivity index (χ2n) is 5.50. The van der Waals surface area contributed by atoms with Crippen molar-refractivity contribution in [2.24, 2.45) is 0 Å². The van der Waals surface area contributed by atoms with E-state index in [-0.39, 0.29) is 5.91 Å². The Morgan fingerprint density at radius 1 is 1.21 bits per heavy atom. The summed E-state index contributed by atoms with van der Waals surface area (Å²) in [5.74, 6) is 0.499. The number of halogens is 1. The van der Waals surface area contributed by atoms with Gasteiger partial charge >= 0.3 is 0 Å². The molecule has 1 aliphatic heterocycles. The van der Waals surface area contributed by atoms with E-state index in [1.807, 2.05) is 30.3 Å². The van der Waals surface area contributed by atoms with Crippen LogP contribution in [0.15, 0.2) is 36.1 Å². The van der Waals surface area contributed by atoms with Crippen LogP contribution in [0.25, 0.3) is 0 Å². The predicted octanol–water partition coefficient (Wildman–Crippen LogP) is 3.76. The lowest BCUT2D eigenvalue weighted by molar-refractivity contribution is -0.117. The number of anilines is 1. The van der Waals surface area contributed by atoms with Crippen LogP contribution >= 0.6 is 22.6 Å². The molecule has 19 heavy (non-hydrogen) atoms. The van der Waals surface area contributed by atoms with E-state index in [2.05, 4.69) is 42.2 Å². The summed E-state index contributed by atoms with van der Waals surface area (Å²) >= 11 is 2.26. The molecular weight excluding hydrogens is 369 g/mol. The van der Waals surface area contributed by atoms with Gasteiger partial charge in [0.1, 0.15) is 0 Å². The van der Waals surface area contributed by atoms with Crippen LogP contribution in [0.3, 0.4) is 0 Å². The molecule has 0 saturated heterocycles. The highest BCUT2D eigenvalue weighted by molar-refractivity contribution is 14.1. The zero-order valence-corrected chi connectivity index (χ0v) is 14.6. The van der Waals surface area contributed by atoms with Crippen molar-refractivity contribution in [1.29, 1.82) is 0 Å². The molecule has 1 amide bonds. The molecule has 0 bridgehead atoms. The van der Waals surface area contributed by atoms with Crippen LogP contribution in [0.4, 0.5) is 5.69 Å². The quantitative estimate of drug-likeness (QED) is 0.584. The highest BCUT2D eigenvalue weighted by Gasteiger charge is 2.28. The van der Waals surface area contributed by atoms with Gasteiger partial charge in [0.05, 0.1) is 0 Å². The van der Waals surface area contributed by atoms with Crippen LogP contribution in [0.1, 0.15) is 6.42 Å². The maximum absolute atomic E-state index is 12.4. The Balaban J connectivity index is 2.19. The van der Waals surface area contributed by atoms with E-state index in [4.69, 9.17) is 4.43 Å². The second-order valence-corrected chi connectivity index (χ2v) is 11.2. The van der Waals surface area contributed by atoms with Crippen molar-refractivity contribution in [3.05, 3.63) is 39.7 Å². The van der Waals surface area contributed by atoms with Crippen LogP contribution in [-0.4, -0.2) is 20.8 Å². The van der Waals surface area contributed by atoms with Crippen molar-refractivity contribution in [3.8, 4) is 0 Å². The molecule has 1 aliphatic rings. The standard InChI is InChI=1S/C14H18INO2Si/c1-19(2,3)18-13-5-4-10-16(14(13)17)12-8-6-11(15)7-9-12/h5-9H,4,10H2,1-3H3. The Hall–Kier alpha value is -0.823. The Morgan fingerprint density at radius 3 is 2.42 bits per heavy atom. The van der Waals surface area contributed by atoms with Crippen LogP contribution < -0.4 is 4.90 Å². The highest BCUT2D eigenvalue weighted by atomic mass is 127. The Labute approximate surface area is 128 Å². The zero-order valence-electron chi connectivity index (χ0n) is 11.4. The van der Waals surface area contributed by atoms with E-state index in [1.54, 1.807) is 4.90 Å². The lowest BCUT2D eigenvalue weighted by Gasteiger charge is -2.30. The van der Waals surface area contributed by atoms with Gasteiger partial charge in [-0.2, -0.15) is 0 Å². The molecule has 0 radical (unpaired) electrons.